The normalized spacial score (nSPS) is 19.3. The van der Waals surface area contributed by atoms with Crippen molar-refractivity contribution < 1.29 is 4.79 Å². The molecule has 1 atom stereocenters. The monoisotopic (exact) mass is 348 g/mol. The van der Waals surface area contributed by atoms with Gasteiger partial charge in [0, 0.05) is 11.3 Å². The van der Waals surface area contributed by atoms with E-state index >= 15 is 0 Å². The van der Waals surface area contributed by atoms with Gasteiger partial charge in [-0.15, -0.1) is 23.1 Å². The zero-order chi connectivity index (χ0) is 16.4. The van der Waals surface area contributed by atoms with Crippen molar-refractivity contribution in [3.63, 3.8) is 0 Å². The number of nitrogens with zero attached hydrogens (tertiary/aromatic N) is 2. The lowest BCUT2D eigenvalue weighted by Gasteiger charge is -2.35. The Morgan fingerprint density at radius 3 is 2.87 bits per heavy atom. The number of benzene rings is 1. The average molecular weight is 349 g/mol. The van der Waals surface area contributed by atoms with Gasteiger partial charge in [0.15, 0.2) is 0 Å². The van der Waals surface area contributed by atoms with E-state index in [4.69, 9.17) is 4.98 Å². The number of aromatic nitrogens is 1. The number of para-hydroxylation sites is 1. The summed E-state index contributed by atoms with van der Waals surface area (Å²) in [6, 6.07) is 8.40. The SMILES string of the molecule is CC(C)(C)SCC(=O)N1CCCCC1c1nc2ccccc2s1. The molecule has 1 aromatic heterocycles. The second kappa shape index (κ2) is 6.81. The molecule has 1 saturated heterocycles. The molecule has 1 aromatic carbocycles. The minimum atomic E-state index is 0.122. The molecular weight excluding hydrogens is 324 g/mol. The minimum Gasteiger partial charge on any atom is -0.333 e. The fraction of sp³-hybridized carbons (Fsp3) is 0.556. The predicted molar refractivity (Wildman–Crippen MR) is 100 cm³/mol. The van der Waals surface area contributed by atoms with Gasteiger partial charge in [0.05, 0.1) is 22.0 Å². The smallest absolute Gasteiger partial charge is 0.233 e. The largest absolute Gasteiger partial charge is 0.333 e. The van der Waals surface area contributed by atoms with Crippen LogP contribution in [0.4, 0.5) is 0 Å². The van der Waals surface area contributed by atoms with Crippen molar-refractivity contribution in [1.29, 1.82) is 0 Å². The van der Waals surface area contributed by atoms with Crippen LogP contribution >= 0.6 is 23.1 Å². The van der Waals surface area contributed by atoms with Gasteiger partial charge in [0.25, 0.3) is 0 Å². The highest BCUT2D eigenvalue weighted by Gasteiger charge is 2.30. The summed E-state index contributed by atoms with van der Waals surface area (Å²) >= 11 is 3.47. The summed E-state index contributed by atoms with van der Waals surface area (Å²) in [5, 5.41) is 1.10. The van der Waals surface area contributed by atoms with E-state index in [0.717, 1.165) is 29.9 Å². The summed E-state index contributed by atoms with van der Waals surface area (Å²) in [6.07, 6.45) is 3.32. The number of carbonyl (C=O) groups excluding carboxylic acids is 1. The van der Waals surface area contributed by atoms with Crippen LogP contribution in [0.2, 0.25) is 0 Å². The second-order valence-corrected chi connectivity index (χ2v) is 9.88. The van der Waals surface area contributed by atoms with Crippen molar-refractivity contribution in [2.24, 2.45) is 0 Å². The Balaban J connectivity index is 1.79. The second-order valence-electron chi connectivity index (χ2n) is 7.02. The van der Waals surface area contributed by atoms with Crippen LogP contribution < -0.4 is 0 Å². The lowest BCUT2D eigenvalue weighted by atomic mass is 10.0. The molecule has 124 valence electrons. The fourth-order valence-corrected chi connectivity index (χ4v) is 4.72. The van der Waals surface area contributed by atoms with Crippen LogP contribution in [-0.4, -0.2) is 32.8 Å². The number of carbonyl (C=O) groups is 1. The van der Waals surface area contributed by atoms with Gasteiger partial charge in [-0.25, -0.2) is 4.98 Å². The molecule has 0 aliphatic carbocycles. The van der Waals surface area contributed by atoms with Crippen molar-refractivity contribution in [3.05, 3.63) is 29.3 Å². The highest BCUT2D eigenvalue weighted by atomic mass is 32.2. The van der Waals surface area contributed by atoms with E-state index in [1.54, 1.807) is 23.1 Å². The maximum Gasteiger partial charge on any atom is 0.233 e. The quantitative estimate of drug-likeness (QED) is 0.792. The molecule has 0 saturated carbocycles. The molecule has 1 fully saturated rings. The standard InChI is InChI=1S/C18H24N2OS2/c1-18(2,3)22-12-16(21)20-11-7-6-9-14(20)17-19-13-8-4-5-10-15(13)23-17/h4-5,8,10,14H,6-7,9,11-12H2,1-3H3. The molecule has 0 bridgehead atoms. The number of piperidine rings is 1. The Bertz CT molecular complexity index is 657. The molecule has 5 heteroatoms. The van der Waals surface area contributed by atoms with E-state index in [-0.39, 0.29) is 16.7 Å². The molecule has 0 spiro atoms. The number of thioether (sulfide) groups is 1. The predicted octanol–water partition coefficient (Wildman–Crippen LogP) is 4.88. The summed E-state index contributed by atoms with van der Waals surface area (Å²) in [6.45, 7) is 7.34. The number of fused-ring (bicyclic) bond motifs is 1. The van der Waals surface area contributed by atoms with Crippen molar-refractivity contribution in [3.8, 4) is 0 Å². The number of hydrogen-bond acceptors (Lipinski definition) is 4. The molecule has 3 nitrogen and oxygen atoms in total. The van der Waals surface area contributed by atoms with Crippen LogP contribution in [0.5, 0.6) is 0 Å². The molecule has 3 rings (SSSR count). The Morgan fingerprint density at radius 2 is 2.13 bits per heavy atom. The molecule has 1 amide bonds. The van der Waals surface area contributed by atoms with E-state index in [1.165, 1.54) is 11.1 Å². The summed E-state index contributed by atoms with van der Waals surface area (Å²) < 4.78 is 1.33. The van der Waals surface area contributed by atoms with E-state index in [1.807, 2.05) is 12.1 Å². The van der Waals surface area contributed by atoms with Gasteiger partial charge in [0.2, 0.25) is 5.91 Å². The molecule has 1 aliphatic heterocycles. The summed E-state index contributed by atoms with van der Waals surface area (Å²) in [4.78, 5) is 19.6. The van der Waals surface area contributed by atoms with Crippen molar-refractivity contribution in [2.45, 2.75) is 50.8 Å². The van der Waals surface area contributed by atoms with Crippen LogP contribution in [0.1, 0.15) is 51.1 Å². The fourth-order valence-electron chi connectivity index (χ4n) is 2.88. The Labute approximate surface area is 146 Å². The third-order valence-corrected chi connectivity index (χ3v) is 6.44. The Hall–Kier alpha value is -1.07. The summed E-state index contributed by atoms with van der Waals surface area (Å²) in [5.41, 5.74) is 1.05. The Kier molecular flexibility index (Phi) is 4.97. The van der Waals surface area contributed by atoms with Crippen LogP contribution in [0.25, 0.3) is 10.2 Å². The first-order valence-electron chi connectivity index (χ1n) is 8.23. The van der Waals surface area contributed by atoms with Gasteiger partial charge in [-0.3, -0.25) is 4.79 Å². The molecule has 0 radical (unpaired) electrons. The summed E-state index contributed by atoms with van der Waals surface area (Å²) in [5.74, 6) is 0.819. The van der Waals surface area contributed by atoms with Crippen molar-refractivity contribution in [1.82, 2.24) is 9.88 Å². The Morgan fingerprint density at radius 1 is 1.35 bits per heavy atom. The molecular formula is C18H24N2OS2. The first kappa shape index (κ1) is 16.8. The van der Waals surface area contributed by atoms with Gasteiger partial charge in [-0.05, 0) is 31.4 Å². The lowest BCUT2D eigenvalue weighted by molar-refractivity contribution is -0.132. The van der Waals surface area contributed by atoms with Gasteiger partial charge in [-0.1, -0.05) is 32.9 Å². The zero-order valence-corrected chi connectivity index (χ0v) is 15.7. The van der Waals surface area contributed by atoms with E-state index in [9.17, 15) is 4.79 Å². The highest BCUT2D eigenvalue weighted by Crippen LogP contribution is 2.36. The van der Waals surface area contributed by atoms with Crippen LogP contribution in [0, 0.1) is 0 Å². The topological polar surface area (TPSA) is 33.2 Å². The van der Waals surface area contributed by atoms with E-state index in [0.29, 0.717) is 5.75 Å². The molecule has 2 aromatic rings. The molecule has 1 aliphatic rings. The first-order chi connectivity index (χ1) is 10.9. The number of hydrogen-bond donors (Lipinski definition) is 0. The summed E-state index contributed by atoms with van der Waals surface area (Å²) in [7, 11) is 0. The van der Waals surface area contributed by atoms with Gasteiger partial charge >= 0.3 is 0 Å². The number of likely N-dealkylation sites (tertiary alicyclic amines) is 1. The molecule has 2 heterocycles. The highest BCUT2D eigenvalue weighted by molar-refractivity contribution is 8.01. The first-order valence-corrected chi connectivity index (χ1v) is 10.0. The number of rotatable bonds is 3. The van der Waals surface area contributed by atoms with E-state index < -0.39 is 0 Å². The maximum absolute atomic E-state index is 12.7. The van der Waals surface area contributed by atoms with Crippen LogP contribution in [0.3, 0.4) is 0 Å². The van der Waals surface area contributed by atoms with Crippen molar-refractivity contribution >= 4 is 39.2 Å². The third kappa shape index (κ3) is 4.07. The minimum absolute atomic E-state index is 0.122. The van der Waals surface area contributed by atoms with Crippen LogP contribution in [-0.2, 0) is 4.79 Å². The van der Waals surface area contributed by atoms with Gasteiger partial charge in [-0.2, -0.15) is 0 Å². The van der Waals surface area contributed by atoms with E-state index in [2.05, 4.69) is 37.8 Å². The zero-order valence-electron chi connectivity index (χ0n) is 14.0. The average Bonchev–Trinajstić information content (AvgIpc) is 2.96. The molecule has 1 unspecified atom stereocenters. The number of amides is 1. The lowest BCUT2D eigenvalue weighted by Crippen LogP contribution is -2.40. The number of thiazole rings is 1. The van der Waals surface area contributed by atoms with Crippen molar-refractivity contribution in [2.75, 3.05) is 12.3 Å². The van der Waals surface area contributed by atoms with Crippen LogP contribution in [0.15, 0.2) is 24.3 Å². The molecule has 23 heavy (non-hydrogen) atoms. The molecule has 0 N–H and O–H groups in total. The maximum atomic E-state index is 12.7. The van der Waals surface area contributed by atoms with Gasteiger partial charge < -0.3 is 4.90 Å². The third-order valence-electron chi connectivity index (χ3n) is 4.05. The van der Waals surface area contributed by atoms with Gasteiger partial charge in [0.1, 0.15) is 5.01 Å².